The topological polar surface area (TPSA) is 89.6 Å². The van der Waals surface area contributed by atoms with E-state index in [1.165, 1.54) is 12.1 Å². The van der Waals surface area contributed by atoms with Crippen molar-refractivity contribution in [2.45, 2.75) is 62.7 Å². The van der Waals surface area contributed by atoms with Crippen LogP contribution in [0.25, 0.3) is 32.9 Å². The summed E-state index contributed by atoms with van der Waals surface area (Å²) in [6.45, 7) is 2.46. The first-order valence-electron chi connectivity index (χ1n) is 15.7. The van der Waals surface area contributed by atoms with Crippen molar-refractivity contribution in [2.24, 2.45) is 0 Å². The molecule has 0 unspecified atom stereocenters. The maximum Gasteiger partial charge on any atom is 0.319 e. The fourth-order valence-corrected chi connectivity index (χ4v) is 7.90. The number of ether oxygens (including phenoxy) is 2. The molecule has 8 nitrogen and oxygen atoms in total. The molecule has 2 aromatic carbocycles. The van der Waals surface area contributed by atoms with Gasteiger partial charge in [0.15, 0.2) is 5.82 Å². The van der Waals surface area contributed by atoms with Gasteiger partial charge in [-0.1, -0.05) is 24.8 Å². The van der Waals surface area contributed by atoms with Gasteiger partial charge in [-0.2, -0.15) is 9.97 Å². The Morgan fingerprint density at radius 1 is 1.09 bits per heavy atom. The molecule has 232 valence electrons. The molecule has 0 amide bonds. The fraction of sp³-hybridized carbons (Fsp3) is 0.441. The van der Waals surface area contributed by atoms with E-state index in [1.807, 2.05) is 0 Å². The van der Waals surface area contributed by atoms with Gasteiger partial charge in [0.05, 0.1) is 17.1 Å². The molecule has 45 heavy (non-hydrogen) atoms. The summed E-state index contributed by atoms with van der Waals surface area (Å²) in [6, 6.07) is 6.04. The summed E-state index contributed by atoms with van der Waals surface area (Å²) in [6.07, 6.45) is 10.9. The van der Waals surface area contributed by atoms with Gasteiger partial charge in [0.1, 0.15) is 47.6 Å². The van der Waals surface area contributed by atoms with Crippen LogP contribution in [0.5, 0.6) is 11.9 Å². The summed E-state index contributed by atoms with van der Waals surface area (Å²) >= 11 is 0. The number of benzene rings is 2. The number of nitrogens with zero attached hydrogens (tertiary/aromatic N) is 5. The second-order valence-electron chi connectivity index (χ2n) is 12.7. The van der Waals surface area contributed by atoms with Gasteiger partial charge >= 0.3 is 6.01 Å². The summed E-state index contributed by atoms with van der Waals surface area (Å²) in [5.41, 5.74) is 6.24. The Morgan fingerprint density at radius 3 is 2.84 bits per heavy atom. The minimum Gasteiger partial charge on any atom is -0.475 e. The molecule has 0 saturated carbocycles. The highest BCUT2D eigenvalue weighted by Crippen LogP contribution is 2.44. The first-order chi connectivity index (χ1) is 21.8. The summed E-state index contributed by atoms with van der Waals surface area (Å²) in [5, 5.41) is 1.23. The van der Waals surface area contributed by atoms with Crippen LogP contribution in [0, 0.1) is 24.0 Å². The van der Waals surface area contributed by atoms with Gasteiger partial charge in [0.25, 0.3) is 0 Å². The van der Waals surface area contributed by atoms with Crippen LogP contribution in [-0.2, 0) is 0 Å². The van der Waals surface area contributed by atoms with Crippen LogP contribution >= 0.6 is 0 Å². The lowest BCUT2D eigenvalue weighted by Gasteiger charge is -2.31. The number of hydrogen-bond acceptors (Lipinski definition) is 8. The normalized spacial score (nSPS) is 24.5. The van der Waals surface area contributed by atoms with E-state index >= 15 is 4.39 Å². The van der Waals surface area contributed by atoms with Crippen molar-refractivity contribution in [3.8, 4) is 35.5 Å². The van der Waals surface area contributed by atoms with Crippen LogP contribution in [0.2, 0.25) is 0 Å². The highest BCUT2D eigenvalue weighted by molar-refractivity contribution is 6.04. The van der Waals surface area contributed by atoms with Gasteiger partial charge in [-0.3, -0.25) is 4.90 Å². The number of nitrogen functional groups attached to an aromatic ring is 1. The van der Waals surface area contributed by atoms with Crippen molar-refractivity contribution >= 4 is 33.2 Å². The second kappa shape index (κ2) is 10.7. The maximum absolute atomic E-state index is 17.0. The fourth-order valence-electron chi connectivity index (χ4n) is 7.90. The smallest absolute Gasteiger partial charge is 0.319 e. The molecule has 2 aromatic heterocycles. The number of aromatic nitrogens is 3. The molecule has 3 saturated heterocycles. The van der Waals surface area contributed by atoms with Crippen LogP contribution in [0.15, 0.2) is 24.3 Å². The van der Waals surface area contributed by atoms with Crippen molar-refractivity contribution in [3.05, 3.63) is 41.5 Å². The van der Waals surface area contributed by atoms with Crippen LogP contribution in [0.4, 0.5) is 24.7 Å². The van der Waals surface area contributed by atoms with Crippen LogP contribution in [0.3, 0.4) is 0 Å². The van der Waals surface area contributed by atoms with Crippen LogP contribution in [-0.4, -0.2) is 70.5 Å². The Kier molecular flexibility index (Phi) is 6.68. The highest BCUT2D eigenvalue weighted by atomic mass is 19.1. The van der Waals surface area contributed by atoms with E-state index < -0.39 is 23.3 Å². The summed E-state index contributed by atoms with van der Waals surface area (Å²) in [4.78, 5) is 18.5. The minimum atomic E-state index is -0.911. The van der Waals surface area contributed by atoms with E-state index in [2.05, 4.69) is 25.7 Å². The Bertz CT molecular complexity index is 1900. The molecule has 4 aromatic rings. The molecule has 2 N–H and O–H groups in total. The predicted molar refractivity (Wildman–Crippen MR) is 166 cm³/mol. The number of halogens is 3. The van der Waals surface area contributed by atoms with Gasteiger partial charge in [0.2, 0.25) is 5.88 Å². The van der Waals surface area contributed by atoms with E-state index in [0.717, 1.165) is 45.1 Å². The number of terminal acetylenes is 1. The number of anilines is 2. The quantitative estimate of drug-likeness (QED) is 0.229. The van der Waals surface area contributed by atoms with Crippen molar-refractivity contribution in [2.75, 3.05) is 43.5 Å². The van der Waals surface area contributed by atoms with Gasteiger partial charge in [0, 0.05) is 36.1 Å². The molecule has 0 radical (unpaired) electrons. The first-order valence-corrected chi connectivity index (χ1v) is 15.7. The van der Waals surface area contributed by atoms with Gasteiger partial charge in [-0.05, 0) is 55.8 Å². The summed E-state index contributed by atoms with van der Waals surface area (Å²) in [5.74, 6) is 1.75. The Hall–Kier alpha value is -4.30. The third-order valence-electron chi connectivity index (χ3n) is 9.99. The van der Waals surface area contributed by atoms with Crippen molar-refractivity contribution in [1.29, 1.82) is 0 Å². The van der Waals surface area contributed by atoms with Crippen molar-refractivity contribution in [3.63, 3.8) is 0 Å². The van der Waals surface area contributed by atoms with E-state index in [9.17, 15) is 8.78 Å². The Balaban J connectivity index is 1.33. The van der Waals surface area contributed by atoms with E-state index in [-0.39, 0.29) is 46.9 Å². The molecule has 8 rings (SSSR count). The number of hydrogen-bond donors (Lipinski definition) is 1. The standard InChI is InChI=1S/C34H33F3N6O2/c1-2-23-25(36)9-8-19-13-21(38)14-24(26(19)23)29-28(37)30-27-31(43-12-5-3-4-7-22(43)17-44-32(27)39-29)41-33(40-30)45-18-34-10-6-11-42(34)16-20(35)15-34/h1,8-9,13-14,20,22H,3-7,10-12,15-18,38H2/t20-,22+,34+/m1/s1. The second-order valence-corrected chi connectivity index (χ2v) is 12.7. The third-order valence-corrected chi connectivity index (χ3v) is 9.99. The molecule has 0 spiro atoms. The highest BCUT2D eigenvalue weighted by Gasteiger charge is 2.49. The SMILES string of the molecule is C#Cc1c(F)ccc2cc(N)cc(-c3nc4c5c(nc(OC[C@@]67CCCN6C[C@H](F)C7)nc5c3F)N3CCCCC[C@H]3CO4)c12. The maximum atomic E-state index is 17.0. The number of nitrogens with two attached hydrogens (primary N) is 1. The Labute approximate surface area is 258 Å². The molecule has 0 bridgehead atoms. The minimum absolute atomic E-state index is 0.000505. The van der Waals surface area contributed by atoms with Gasteiger partial charge in [-0.25, -0.2) is 18.2 Å². The lowest BCUT2D eigenvalue weighted by Crippen LogP contribution is -2.43. The van der Waals surface area contributed by atoms with Crippen LogP contribution in [0.1, 0.15) is 50.5 Å². The van der Waals surface area contributed by atoms with Crippen molar-refractivity contribution < 1.29 is 22.6 Å². The molecule has 4 aliphatic heterocycles. The van der Waals surface area contributed by atoms with E-state index in [4.69, 9.17) is 26.6 Å². The number of rotatable bonds is 4. The lowest BCUT2D eigenvalue weighted by molar-refractivity contribution is 0.107. The van der Waals surface area contributed by atoms with Gasteiger partial charge in [-0.15, -0.1) is 6.42 Å². The number of fused-ring (bicyclic) bond motifs is 4. The molecule has 11 heteroatoms. The monoisotopic (exact) mass is 614 g/mol. The average Bonchev–Trinajstić information content (AvgIpc) is 3.38. The lowest BCUT2D eigenvalue weighted by atomic mass is 9.95. The molecular formula is C34H33F3N6O2. The summed E-state index contributed by atoms with van der Waals surface area (Å²) < 4.78 is 59.0. The van der Waals surface area contributed by atoms with Crippen molar-refractivity contribution in [1.82, 2.24) is 19.9 Å². The Morgan fingerprint density at radius 2 is 1.98 bits per heavy atom. The van der Waals surface area contributed by atoms with Crippen LogP contribution < -0.4 is 20.1 Å². The van der Waals surface area contributed by atoms with E-state index in [1.54, 1.807) is 12.1 Å². The predicted octanol–water partition coefficient (Wildman–Crippen LogP) is 5.78. The molecule has 4 aliphatic rings. The average molecular weight is 615 g/mol. The number of alkyl halides is 1. The third kappa shape index (κ3) is 4.52. The zero-order valence-electron chi connectivity index (χ0n) is 24.8. The van der Waals surface area contributed by atoms with Gasteiger partial charge < -0.3 is 20.1 Å². The zero-order valence-corrected chi connectivity index (χ0v) is 24.8. The molecule has 3 fully saturated rings. The first kappa shape index (κ1) is 28.2. The zero-order chi connectivity index (χ0) is 30.9. The largest absolute Gasteiger partial charge is 0.475 e. The molecule has 6 heterocycles. The molecule has 0 aliphatic carbocycles. The summed E-state index contributed by atoms with van der Waals surface area (Å²) in [7, 11) is 0. The molecular weight excluding hydrogens is 581 g/mol. The molecule has 3 atom stereocenters. The van der Waals surface area contributed by atoms with E-state index in [0.29, 0.717) is 53.8 Å². The number of pyridine rings is 1.